The van der Waals surface area contributed by atoms with E-state index in [0.29, 0.717) is 0 Å². The molecule has 0 aromatic carbocycles. The smallest absolute Gasteiger partial charge is 0.307 e. The van der Waals surface area contributed by atoms with Crippen molar-refractivity contribution in [3.63, 3.8) is 0 Å². The molecular weight excluding hydrogens is 258 g/mol. The number of hydrogen-bond acceptors (Lipinski definition) is 4. The molecule has 1 rings (SSSR count). The maximum atomic E-state index is 12.3. The summed E-state index contributed by atoms with van der Waals surface area (Å²) in [5.41, 5.74) is 0. The minimum absolute atomic E-state index is 0.0562. The highest BCUT2D eigenvalue weighted by atomic mass is 32.2. The topological polar surface area (TPSA) is 92.5 Å². The number of carboxylic acid groups (broad SMARTS) is 1. The number of rotatable bonds is 6. The Morgan fingerprint density at radius 2 is 2.22 bits per heavy atom. The largest absolute Gasteiger partial charge is 0.481 e. The fourth-order valence-corrected chi connectivity index (χ4v) is 3.17. The second-order valence-corrected chi connectivity index (χ2v) is 5.87. The molecule has 0 radical (unpaired) electrons. The van der Waals surface area contributed by atoms with Crippen LogP contribution in [-0.4, -0.2) is 46.7 Å². The Bertz CT molecular complexity index is 523. The minimum Gasteiger partial charge on any atom is -0.481 e. The van der Waals surface area contributed by atoms with Gasteiger partial charge in [0.25, 0.3) is 10.0 Å². The fourth-order valence-electron chi connectivity index (χ4n) is 1.53. The summed E-state index contributed by atoms with van der Waals surface area (Å²) >= 11 is 0. The minimum atomic E-state index is -3.70. The average molecular weight is 275 g/mol. The van der Waals surface area contributed by atoms with Gasteiger partial charge in [0.15, 0.2) is 5.03 Å². The SMILES string of the molecule is CCN(CC(C)C(=O)O)S(=O)(=O)c1ccnn1C. The van der Waals surface area contributed by atoms with Crippen LogP contribution in [0.4, 0.5) is 0 Å². The first-order chi connectivity index (χ1) is 8.30. The summed E-state index contributed by atoms with van der Waals surface area (Å²) in [5.74, 6) is -1.78. The van der Waals surface area contributed by atoms with E-state index < -0.39 is 21.9 Å². The lowest BCUT2D eigenvalue weighted by Gasteiger charge is -2.22. The number of aryl methyl sites for hydroxylation is 1. The van der Waals surface area contributed by atoms with Gasteiger partial charge in [0, 0.05) is 20.1 Å². The van der Waals surface area contributed by atoms with Crippen LogP contribution in [0.15, 0.2) is 17.3 Å². The van der Waals surface area contributed by atoms with E-state index in [4.69, 9.17) is 5.11 Å². The van der Waals surface area contributed by atoms with Crippen molar-refractivity contribution in [3.05, 3.63) is 12.3 Å². The standard InChI is InChI=1S/C10H17N3O4S/c1-4-13(7-8(2)10(14)15)18(16,17)9-5-6-11-12(9)3/h5-6,8H,4,7H2,1-3H3,(H,14,15). The molecule has 8 heteroatoms. The highest BCUT2D eigenvalue weighted by Gasteiger charge is 2.28. The van der Waals surface area contributed by atoms with Crippen molar-refractivity contribution in [2.24, 2.45) is 13.0 Å². The van der Waals surface area contributed by atoms with Crippen molar-refractivity contribution in [1.82, 2.24) is 14.1 Å². The first kappa shape index (κ1) is 14.7. The molecule has 0 aliphatic heterocycles. The maximum absolute atomic E-state index is 12.3. The molecule has 0 aliphatic rings. The van der Waals surface area contributed by atoms with Gasteiger partial charge in [0.05, 0.1) is 12.1 Å². The molecule has 1 heterocycles. The van der Waals surface area contributed by atoms with Crippen LogP contribution in [0.3, 0.4) is 0 Å². The van der Waals surface area contributed by atoms with Gasteiger partial charge in [-0.05, 0) is 6.07 Å². The quantitative estimate of drug-likeness (QED) is 0.798. The molecule has 1 unspecified atom stereocenters. The van der Waals surface area contributed by atoms with Crippen LogP contribution in [0.5, 0.6) is 0 Å². The Morgan fingerprint density at radius 1 is 1.61 bits per heavy atom. The maximum Gasteiger partial charge on any atom is 0.307 e. The normalized spacial score (nSPS) is 13.8. The third-order valence-corrected chi connectivity index (χ3v) is 4.65. The van der Waals surface area contributed by atoms with Gasteiger partial charge in [-0.3, -0.25) is 9.48 Å². The Hall–Kier alpha value is -1.41. The highest BCUT2D eigenvalue weighted by Crippen LogP contribution is 2.15. The zero-order valence-corrected chi connectivity index (χ0v) is 11.4. The van der Waals surface area contributed by atoms with Crippen molar-refractivity contribution in [1.29, 1.82) is 0 Å². The molecule has 0 saturated carbocycles. The molecule has 7 nitrogen and oxygen atoms in total. The molecule has 1 N–H and O–H groups in total. The van der Waals surface area contributed by atoms with E-state index in [9.17, 15) is 13.2 Å². The first-order valence-corrected chi connectivity index (χ1v) is 6.95. The monoisotopic (exact) mass is 275 g/mol. The van der Waals surface area contributed by atoms with Gasteiger partial charge >= 0.3 is 5.97 Å². The summed E-state index contributed by atoms with van der Waals surface area (Å²) in [6.45, 7) is 3.30. The predicted octanol–water partition coefficient (Wildman–Crippen LogP) is 0.151. The van der Waals surface area contributed by atoms with Gasteiger partial charge in [0.2, 0.25) is 0 Å². The summed E-state index contributed by atoms with van der Waals surface area (Å²) in [4.78, 5) is 10.8. The van der Waals surface area contributed by atoms with Crippen LogP contribution in [0.2, 0.25) is 0 Å². The Morgan fingerprint density at radius 3 is 2.61 bits per heavy atom. The number of aromatic nitrogens is 2. The number of nitrogens with zero attached hydrogens (tertiary/aromatic N) is 3. The highest BCUT2D eigenvalue weighted by molar-refractivity contribution is 7.89. The fraction of sp³-hybridized carbons (Fsp3) is 0.600. The van der Waals surface area contributed by atoms with Crippen LogP contribution < -0.4 is 0 Å². The van der Waals surface area contributed by atoms with Crippen molar-refractivity contribution in [2.45, 2.75) is 18.9 Å². The molecular formula is C10H17N3O4S. The zero-order valence-electron chi connectivity index (χ0n) is 10.6. The molecule has 1 aromatic heterocycles. The molecule has 1 atom stereocenters. The summed E-state index contributed by atoms with van der Waals surface area (Å²) in [6.07, 6.45) is 1.39. The number of aliphatic carboxylic acids is 1. The number of sulfonamides is 1. The molecule has 0 aliphatic carbocycles. The van der Waals surface area contributed by atoms with E-state index in [1.165, 1.54) is 30.9 Å². The van der Waals surface area contributed by atoms with Crippen molar-refractivity contribution >= 4 is 16.0 Å². The molecule has 0 bridgehead atoms. The van der Waals surface area contributed by atoms with E-state index in [2.05, 4.69) is 5.10 Å². The van der Waals surface area contributed by atoms with Gasteiger partial charge in [-0.1, -0.05) is 13.8 Å². The van der Waals surface area contributed by atoms with Gasteiger partial charge in [-0.15, -0.1) is 0 Å². The number of carbonyl (C=O) groups is 1. The third-order valence-electron chi connectivity index (χ3n) is 2.63. The molecule has 18 heavy (non-hydrogen) atoms. The van der Waals surface area contributed by atoms with Crippen LogP contribution in [-0.2, 0) is 21.9 Å². The number of hydrogen-bond donors (Lipinski definition) is 1. The molecule has 0 fully saturated rings. The molecule has 1 aromatic rings. The van der Waals surface area contributed by atoms with Gasteiger partial charge < -0.3 is 5.11 Å². The zero-order chi connectivity index (χ0) is 13.9. The second-order valence-electron chi connectivity index (χ2n) is 3.99. The summed E-state index contributed by atoms with van der Waals surface area (Å²) < 4.78 is 26.9. The summed E-state index contributed by atoms with van der Waals surface area (Å²) in [7, 11) is -2.17. The third kappa shape index (κ3) is 2.88. The molecule has 102 valence electrons. The van der Waals surface area contributed by atoms with Crippen molar-refractivity contribution in [2.75, 3.05) is 13.1 Å². The van der Waals surface area contributed by atoms with E-state index >= 15 is 0 Å². The average Bonchev–Trinajstić information content (AvgIpc) is 2.72. The molecule has 0 amide bonds. The van der Waals surface area contributed by atoms with Gasteiger partial charge in [-0.2, -0.15) is 9.40 Å². The van der Waals surface area contributed by atoms with E-state index in [1.54, 1.807) is 6.92 Å². The van der Waals surface area contributed by atoms with Crippen molar-refractivity contribution in [3.8, 4) is 0 Å². The molecule has 0 spiro atoms. The molecule has 0 saturated heterocycles. The lowest BCUT2D eigenvalue weighted by molar-refractivity contribution is -0.141. The number of carboxylic acids is 1. The van der Waals surface area contributed by atoms with Crippen LogP contribution in [0.25, 0.3) is 0 Å². The second kappa shape index (κ2) is 5.49. The lowest BCUT2D eigenvalue weighted by atomic mass is 10.2. The Balaban J connectivity index is 3.02. The van der Waals surface area contributed by atoms with Gasteiger partial charge in [0.1, 0.15) is 0 Å². The summed E-state index contributed by atoms with van der Waals surface area (Å²) in [6, 6.07) is 1.39. The van der Waals surface area contributed by atoms with Crippen LogP contribution in [0.1, 0.15) is 13.8 Å². The van der Waals surface area contributed by atoms with Gasteiger partial charge in [-0.25, -0.2) is 8.42 Å². The van der Waals surface area contributed by atoms with E-state index in [0.717, 1.165) is 4.31 Å². The van der Waals surface area contributed by atoms with E-state index in [1.807, 2.05) is 0 Å². The van der Waals surface area contributed by atoms with Crippen LogP contribution >= 0.6 is 0 Å². The Labute approximate surface area is 106 Å². The lowest BCUT2D eigenvalue weighted by Crippen LogP contribution is -2.37. The van der Waals surface area contributed by atoms with Crippen molar-refractivity contribution < 1.29 is 18.3 Å². The Kier molecular flexibility index (Phi) is 4.47. The van der Waals surface area contributed by atoms with Crippen LogP contribution in [0, 0.1) is 5.92 Å². The summed E-state index contributed by atoms with van der Waals surface area (Å²) in [5, 5.41) is 12.7. The first-order valence-electron chi connectivity index (χ1n) is 5.51. The predicted molar refractivity (Wildman–Crippen MR) is 64.4 cm³/mol. The van der Waals surface area contributed by atoms with E-state index in [-0.39, 0.29) is 18.1 Å².